The maximum atomic E-state index is 12.9. The summed E-state index contributed by atoms with van der Waals surface area (Å²) in [6.07, 6.45) is 3.43. The van der Waals surface area contributed by atoms with Crippen molar-refractivity contribution in [3.8, 4) is 0 Å². The van der Waals surface area contributed by atoms with Gasteiger partial charge < -0.3 is 5.32 Å². The average Bonchev–Trinajstić information content (AvgIpc) is 2.34. The molecule has 0 unspecified atom stereocenters. The lowest BCUT2D eigenvalue weighted by molar-refractivity contribution is 0.294. The maximum Gasteiger partial charge on any atom is 0.114 e. The highest BCUT2D eigenvalue weighted by atomic mass is 19.1. The number of hydrogen-bond acceptors (Lipinski definition) is 1. The number of halogens is 1. The van der Waals surface area contributed by atoms with Gasteiger partial charge in [-0.15, -0.1) is 0 Å². The van der Waals surface area contributed by atoms with E-state index in [4.69, 9.17) is 0 Å². The quantitative estimate of drug-likeness (QED) is 0.666. The molecule has 0 radical (unpaired) electrons. The molecular formula is C9H18FN. The lowest BCUT2D eigenvalue weighted by Crippen LogP contribution is -2.38. The zero-order chi connectivity index (χ0) is 8.32. The van der Waals surface area contributed by atoms with Crippen molar-refractivity contribution in [1.29, 1.82) is 0 Å². The van der Waals surface area contributed by atoms with E-state index in [0.717, 1.165) is 25.7 Å². The fourth-order valence-corrected chi connectivity index (χ4v) is 2.01. The molecule has 0 aromatic rings. The van der Waals surface area contributed by atoms with Crippen LogP contribution in [-0.2, 0) is 0 Å². The van der Waals surface area contributed by atoms with Gasteiger partial charge in [-0.1, -0.05) is 20.3 Å². The van der Waals surface area contributed by atoms with Gasteiger partial charge in [-0.25, -0.2) is 4.39 Å². The maximum absolute atomic E-state index is 12.9. The van der Waals surface area contributed by atoms with Crippen molar-refractivity contribution in [3.63, 3.8) is 0 Å². The molecule has 11 heavy (non-hydrogen) atoms. The van der Waals surface area contributed by atoms with E-state index in [1.807, 2.05) is 0 Å². The topological polar surface area (TPSA) is 12.0 Å². The van der Waals surface area contributed by atoms with Crippen LogP contribution < -0.4 is 5.32 Å². The molecule has 2 atom stereocenters. The summed E-state index contributed by atoms with van der Waals surface area (Å²) in [6, 6.07) is 0. The summed E-state index contributed by atoms with van der Waals surface area (Å²) >= 11 is 0. The molecule has 1 fully saturated rings. The van der Waals surface area contributed by atoms with Crippen molar-refractivity contribution in [2.75, 3.05) is 6.54 Å². The van der Waals surface area contributed by atoms with Gasteiger partial charge in [0, 0.05) is 12.1 Å². The Morgan fingerprint density at radius 1 is 1.55 bits per heavy atom. The Balaban J connectivity index is 2.48. The van der Waals surface area contributed by atoms with Crippen molar-refractivity contribution in [3.05, 3.63) is 0 Å². The number of alkyl halides is 1. The Morgan fingerprint density at radius 2 is 2.27 bits per heavy atom. The van der Waals surface area contributed by atoms with Gasteiger partial charge in [-0.2, -0.15) is 0 Å². The molecule has 1 rings (SSSR count). The van der Waals surface area contributed by atoms with E-state index in [0.29, 0.717) is 6.54 Å². The van der Waals surface area contributed by atoms with Crippen LogP contribution in [0, 0.1) is 0 Å². The van der Waals surface area contributed by atoms with E-state index in [-0.39, 0.29) is 5.54 Å². The van der Waals surface area contributed by atoms with E-state index >= 15 is 0 Å². The first-order chi connectivity index (χ1) is 5.22. The summed E-state index contributed by atoms with van der Waals surface area (Å²) in [7, 11) is 0. The first-order valence-electron chi connectivity index (χ1n) is 4.61. The van der Waals surface area contributed by atoms with Crippen LogP contribution in [0.2, 0.25) is 0 Å². The standard InChI is InChI=1S/C9H18FN/c1-3-5-9(4-2)6-8(10)7-11-9/h8,11H,3-7H2,1-2H3/t8-,9+/m1/s1. The van der Waals surface area contributed by atoms with Crippen LogP contribution in [0.1, 0.15) is 39.5 Å². The minimum Gasteiger partial charge on any atom is -0.308 e. The molecule has 0 aromatic carbocycles. The molecule has 0 amide bonds. The average molecular weight is 159 g/mol. The van der Waals surface area contributed by atoms with E-state index in [1.165, 1.54) is 0 Å². The van der Waals surface area contributed by atoms with Gasteiger partial charge >= 0.3 is 0 Å². The molecule has 1 saturated heterocycles. The third kappa shape index (κ3) is 1.92. The lowest BCUT2D eigenvalue weighted by Gasteiger charge is -2.27. The molecule has 1 nitrogen and oxygen atoms in total. The monoisotopic (exact) mass is 159 g/mol. The second kappa shape index (κ2) is 3.53. The summed E-state index contributed by atoms with van der Waals surface area (Å²) in [6.45, 7) is 4.86. The van der Waals surface area contributed by atoms with Gasteiger partial charge in [0.25, 0.3) is 0 Å². The zero-order valence-electron chi connectivity index (χ0n) is 7.49. The van der Waals surface area contributed by atoms with Crippen LogP contribution in [-0.4, -0.2) is 18.3 Å². The van der Waals surface area contributed by atoms with Crippen molar-refractivity contribution < 1.29 is 4.39 Å². The van der Waals surface area contributed by atoms with Crippen LogP contribution >= 0.6 is 0 Å². The van der Waals surface area contributed by atoms with Crippen LogP contribution in [0.25, 0.3) is 0 Å². The lowest BCUT2D eigenvalue weighted by atomic mass is 9.89. The number of hydrogen-bond donors (Lipinski definition) is 1. The Kier molecular flexibility index (Phi) is 2.88. The van der Waals surface area contributed by atoms with Crippen molar-refractivity contribution in [1.82, 2.24) is 5.32 Å². The van der Waals surface area contributed by atoms with Gasteiger partial charge in [-0.05, 0) is 19.3 Å². The number of nitrogens with one attached hydrogen (secondary N) is 1. The van der Waals surface area contributed by atoms with Gasteiger partial charge in [0.15, 0.2) is 0 Å². The molecule has 0 aromatic heterocycles. The third-order valence-corrected chi connectivity index (χ3v) is 2.72. The highest BCUT2D eigenvalue weighted by Crippen LogP contribution is 2.29. The molecule has 1 N–H and O–H groups in total. The normalized spacial score (nSPS) is 37.9. The third-order valence-electron chi connectivity index (χ3n) is 2.72. The van der Waals surface area contributed by atoms with E-state index in [1.54, 1.807) is 0 Å². The molecule has 1 aliphatic heterocycles. The first-order valence-corrected chi connectivity index (χ1v) is 4.61. The van der Waals surface area contributed by atoms with Gasteiger partial charge in [0.05, 0.1) is 0 Å². The molecule has 66 valence electrons. The minimum atomic E-state index is -0.610. The summed E-state index contributed by atoms with van der Waals surface area (Å²) < 4.78 is 12.9. The Hall–Kier alpha value is -0.110. The minimum absolute atomic E-state index is 0.133. The molecule has 0 aliphatic carbocycles. The molecule has 1 aliphatic rings. The van der Waals surface area contributed by atoms with Crippen molar-refractivity contribution >= 4 is 0 Å². The molecule has 0 bridgehead atoms. The molecule has 0 saturated carbocycles. The van der Waals surface area contributed by atoms with Crippen molar-refractivity contribution in [2.45, 2.75) is 51.2 Å². The van der Waals surface area contributed by atoms with Crippen LogP contribution in [0.4, 0.5) is 4.39 Å². The SMILES string of the molecule is CCC[C@@]1(CC)C[C@@H](F)CN1. The Labute approximate surface area is 68.4 Å². The fourth-order valence-electron chi connectivity index (χ4n) is 2.01. The van der Waals surface area contributed by atoms with Crippen molar-refractivity contribution in [2.24, 2.45) is 0 Å². The van der Waals surface area contributed by atoms with Gasteiger partial charge in [0.2, 0.25) is 0 Å². The molecule has 2 heteroatoms. The Bertz CT molecular complexity index is 123. The summed E-state index contributed by atoms with van der Waals surface area (Å²) in [5, 5.41) is 3.30. The first kappa shape index (κ1) is 8.98. The largest absolute Gasteiger partial charge is 0.308 e. The Morgan fingerprint density at radius 3 is 2.64 bits per heavy atom. The van der Waals surface area contributed by atoms with Crippen LogP contribution in [0.5, 0.6) is 0 Å². The second-order valence-corrected chi connectivity index (χ2v) is 3.57. The van der Waals surface area contributed by atoms with E-state index < -0.39 is 6.17 Å². The highest BCUT2D eigenvalue weighted by Gasteiger charge is 2.36. The zero-order valence-corrected chi connectivity index (χ0v) is 7.49. The van der Waals surface area contributed by atoms with Gasteiger partial charge in [-0.3, -0.25) is 0 Å². The van der Waals surface area contributed by atoms with E-state index in [9.17, 15) is 4.39 Å². The second-order valence-electron chi connectivity index (χ2n) is 3.57. The summed E-state index contributed by atoms with van der Waals surface area (Å²) in [5.41, 5.74) is 0.133. The molecule has 1 heterocycles. The summed E-state index contributed by atoms with van der Waals surface area (Å²) in [4.78, 5) is 0. The smallest absolute Gasteiger partial charge is 0.114 e. The van der Waals surface area contributed by atoms with E-state index in [2.05, 4.69) is 19.2 Å². The van der Waals surface area contributed by atoms with Crippen LogP contribution in [0.3, 0.4) is 0 Å². The van der Waals surface area contributed by atoms with Crippen LogP contribution in [0.15, 0.2) is 0 Å². The molecular weight excluding hydrogens is 141 g/mol. The highest BCUT2D eigenvalue weighted by molar-refractivity contribution is 4.95. The number of rotatable bonds is 3. The predicted octanol–water partition coefficient (Wildman–Crippen LogP) is 2.27. The molecule has 0 spiro atoms. The summed E-state index contributed by atoms with van der Waals surface area (Å²) in [5.74, 6) is 0. The van der Waals surface area contributed by atoms with Gasteiger partial charge in [0.1, 0.15) is 6.17 Å². The predicted molar refractivity (Wildman–Crippen MR) is 45.4 cm³/mol. The fraction of sp³-hybridized carbons (Fsp3) is 1.00.